The van der Waals surface area contributed by atoms with Crippen LogP contribution in [0.15, 0.2) is 0 Å². The third-order valence-electron chi connectivity index (χ3n) is 1.91. The Bertz CT molecular complexity index is 157. The summed E-state index contributed by atoms with van der Waals surface area (Å²) in [4.78, 5) is 10.2. The second-order valence-electron chi connectivity index (χ2n) is 3.04. The second-order valence-corrected chi connectivity index (χ2v) is 7.59. The van der Waals surface area contributed by atoms with Crippen LogP contribution < -0.4 is 0 Å². The van der Waals surface area contributed by atoms with Crippen LogP contribution in [0.3, 0.4) is 0 Å². The van der Waals surface area contributed by atoms with Gasteiger partial charge in [-0.25, -0.2) is 0 Å². The van der Waals surface area contributed by atoms with Crippen molar-refractivity contribution in [2.24, 2.45) is 0 Å². The first kappa shape index (κ1) is 11.6. The van der Waals surface area contributed by atoms with Crippen molar-refractivity contribution in [2.75, 3.05) is 5.75 Å². The van der Waals surface area contributed by atoms with Gasteiger partial charge in [-0.3, -0.25) is 4.79 Å². The van der Waals surface area contributed by atoms with Crippen molar-refractivity contribution in [3.8, 4) is 0 Å². The lowest BCUT2D eigenvalue weighted by molar-refractivity contribution is -0.137. The highest BCUT2D eigenvalue weighted by molar-refractivity contribution is 9.09. The van der Waals surface area contributed by atoms with E-state index < -0.39 is 5.97 Å². The molecule has 0 radical (unpaired) electrons. The molecule has 0 saturated carbocycles. The first-order chi connectivity index (χ1) is 6.29. The fourth-order valence-electron chi connectivity index (χ4n) is 1.19. The van der Waals surface area contributed by atoms with Gasteiger partial charge in [0.1, 0.15) is 0 Å². The third-order valence-corrected chi connectivity index (χ3v) is 6.65. The highest BCUT2D eigenvalue weighted by Gasteiger charge is 2.14. The van der Waals surface area contributed by atoms with E-state index in [1.54, 1.807) is 0 Å². The van der Waals surface area contributed by atoms with Gasteiger partial charge in [0.15, 0.2) is 0 Å². The van der Waals surface area contributed by atoms with Crippen molar-refractivity contribution in [1.82, 2.24) is 0 Å². The highest BCUT2D eigenvalue weighted by Crippen LogP contribution is 2.45. The Kier molecular flexibility index (Phi) is 6.15. The van der Waals surface area contributed by atoms with Gasteiger partial charge in [0.05, 0.1) is 0 Å². The third kappa shape index (κ3) is 5.75. The molecule has 0 bridgehead atoms. The molecule has 0 aliphatic carbocycles. The average Bonchev–Trinajstić information content (AvgIpc) is 2.14. The SMILES string of the molecule is O=C(O)CCCC[C@@H]1CCSSS1. The highest BCUT2D eigenvalue weighted by atomic mass is 33.5. The fourth-order valence-corrected chi connectivity index (χ4v) is 6.11. The Morgan fingerprint density at radius 2 is 2.31 bits per heavy atom. The van der Waals surface area contributed by atoms with Crippen LogP contribution in [0.2, 0.25) is 0 Å². The van der Waals surface area contributed by atoms with Gasteiger partial charge in [-0.1, -0.05) is 28.0 Å². The molecule has 1 rings (SSSR count). The molecule has 0 aromatic rings. The van der Waals surface area contributed by atoms with E-state index >= 15 is 0 Å². The molecule has 1 N–H and O–H groups in total. The Morgan fingerprint density at radius 3 is 2.92 bits per heavy atom. The van der Waals surface area contributed by atoms with E-state index in [1.807, 2.05) is 31.4 Å². The monoisotopic (exact) mass is 238 g/mol. The van der Waals surface area contributed by atoms with Gasteiger partial charge in [0, 0.05) is 17.4 Å². The van der Waals surface area contributed by atoms with Crippen molar-refractivity contribution in [1.29, 1.82) is 0 Å². The Labute approximate surface area is 90.4 Å². The number of hydrogen-bond donors (Lipinski definition) is 1. The van der Waals surface area contributed by atoms with Crippen molar-refractivity contribution in [2.45, 2.75) is 37.4 Å². The van der Waals surface area contributed by atoms with Crippen molar-refractivity contribution >= 4 is 37.4 Å². The molecule has 1 heterocycles. The molecule has 0 unspecified atom stereocenters. The molecular weight excluding hydrogens is 224 g/mol. The summed E-state index contributed by atoms with van der Waals surface area (Å²) in [7, 11) is 5.77. The summed E-state index contributed by atoms with van der Waals surface area (Å²) >= 11 is 0. The molecular formula is C8H14O2S3. The largest absolute Gasteiger partial charge is 0.481 e. The van der Waals surface area contributed by atoms with Crippen LogP contribution >= 0.6 is 31.4 Å². The molecule has 1 aliphatic rings. The summed E-state index contributed by atoms with van der Waals surface area (Å²) in [6.07, 6.45) is 4.71. The maximum Gasteiger partial charge on any atom is 0.303 e. The first-order valence-electron chi connectivity index (χ1n) is 4.46. The van der Waals surface area contributed by atoms with Crippen LogP contribution in [0, 0.1) is 0 Å². The summed E-state index contributed by atoms with van der Waals surface area (Å²) < 4.78 is 0. The molecule has 76 valence electrons. The van der Waals surface area contributed by atoms with Crippen molar-refractivity contribution in [3.05, 3.63) is 0 Å². The first-order valence-corrected chi connectivity index (χ1v) is 8.17. The number of rotatable bonds is 5. The van der Waals surface area contributed by atoms with Crippen molar-refractivity contribution < 1.29 is 9.90 Å². The normalized spacial score (nSPS) is 22.9. The van der Waals surface area contributed by atoms with Crippen LogP contribution in [-0.2, 0) is 4.79 Å². The maximum absolute atomic E-state index is 10.2. The second kappa shape index (κ2) is 6.90. The summed E-state index contributed by atoms with van der Waals surface area (Å²) in [5, 5.41) is 9.20. The van der Waals surface area contributed by atoms with Crippen LogP contribution in [-0.4, -0.2) is 22.1 Å². The molecule has 13 heavy (non-hydrogen) atoms. The van der Waals surface area contributed by atoms with Gasteiger partial charge >= 0.3 is 5.97 Å². The molecule has 1 saturated heterocycles. The van der Waals surface area contributed by atoms with Crippen molar-refractivity contribution in [3.63, 3.8) is 0 Å². The van der Waals surface area contributed by atoms with E-state index in [0.717, 1.165) is 18.1 Å². The smallest absolute Gasteiger partial charge is 0.303 e. The Hall–Kier alpha value is 0.520. The molecule has 0 spiro atoms. The zero-order chi connectivity index (χ0) is 9.52. The summed E-state index contributed by atoms with van der Waals surface area (Å²) in [6, 6.07) is 0. The van der Waals surface area contributed by atoms with E-state index in [2.05, 4.69) is 0 Å². The topological polar surface area (TPSA) is 37.3 Å². The lowest BCUT2D eigenvalue weighted by Gasteiger charge is -2.18. The molecule has 0 aromatic heterocycles. The number of hydrogen-bond acceptors (Lipinski definition) is 4. The van der Waals surface area contributed by atoms with Gasteiger partial charge in [-0.05, 0) is 29.1 Å². The maximum atomic E-state index is 10.2. The predicted octanol–water partition coefficient (Wildman–Crippen LogP) is 3.43. The lowest BCUT2D eigenvalue weighted by Crippen LogP contribution is -2.05. The number of aliphatic carboxylic acids is 1. The number of carboxylic acids is 1. The minimum absolute atomic E-state index is 0.333. The van der Waals surface area contributed by atoms with E-state index in [0.29, 0.717) is 6.42 Å². The fraction of sp³-hybridized carbons (Fsp3) is 0.875. The minimum Gasteiger partial charge on any atom is -0.481 e. The minimum atomic E-state index is -0.666. The standard InChI is InChI=1S/C8H14O2S3/c9-8(10)4-2-1-3-7-5-6-11-13-12-7/h7H,1-6H2,(H,9,10)/t7-/m1/s1. The number of unbranched alkanes of at least 4 members (excludes halogenated alkanes) is 1. The molecule has 0 amide bonds. The summed E-state index contributed by atoms with van der Waals surface area (Å²) in [6.45, 7) is 0. The van der Waals surface area contributed by atoms with Crippen LogP contribution in [0.1, 0.15) is 32.1 Å². The Morgan fingerprint density at radius 1 is 1.46 bits per heavy atom. The van der Waals surface area contributed by atoms with Crippen LogP contribution in [0.4, 0.5) is 0 Å². The molecule has 0 aromatic carbocycles. The lowest BCUT2D eigenvalue weighted by atomic mass is 10.1. The molecule has 1 fully saturated rings. The van der Waals surface area contributed by atoms with Gasteiger partial charge < -0.3 is 5.11 Å². The zero-order valence-electron chi connectivity index (χ0n) is 7.40. The molecule has 1 atom stereocenters. The van der Waals surface area contributed by atoms with Crippen LogP contribution in [0.25, 0.3) is 0 Å². The average molecular weight is 238 g/mol. The Balaban J connectivity index is 1.95. The molecule has 1 aliphatic heterocycles. The van der Waals surface area contributed by atoms with E-state index in [9.17, 15) is 4.79 Å². The van der Waals surface area contributed by atoms with Gasteiger partial charge in [-0.2, -0.15) is 0 Å². The van der Waals surface area contributed by atoms with E-state index in [-0.39, 0.29) is 0 Å². The molecule has 5 heteroatoms. The summed E-state index contributed by atoms with van der Waals surface area (Å²) in [5.41, 5.74) is 0. The van der Waals surface area contributed by atoms with E-state index in [4.69, 9.17) is 5.11 Å². The van der Waals surface area contributed by atoms with Crippen LogP contribution in [0.5, 0.6) is 0 Å². The van der Waals surface area contributed by atoms with Gasteiger partial charge in [-0.15, -0.1) is 0 Å². The number of carbonyl (C=O) groups is 1. The molecule has 2 nitrogen and oxygen atoms in total. The quantitative estimate of drug-likeness (QED) is 0.586. The summed E-state index contributed by atoms with van der Waals surface area (Å²) in [5.74, 6) is 0.586. The zero-order valence-corrected chi connectivity index (χ0v) is 9.85. The van der Waals surface area contributed by atoms with Gasteiger partial charge in [0.2, 0.25) is 0 Å². The van der Waals surface area contributed by atoms with Gasteiger partial charge in [0.25, 0.3) is 0 Å². The van der Waals surface area contributed by atoms with E-state index in [1.165, 1.54) is 18.6 Å². The predicted molar refractivity (Wildman–Crippen MR) is 62.1 cm³/mol. The number of carboxylic acid groups (broad SMARTS) is 1.